The molecule has 0 radical (unpaired) electrons. The van der Waals surface area contributed by atoms with Crippen molar-refractivity contribution in [1.82, 2.24) is 26.2 Å². The fourth-order valence-corrected chi connectivity index (χ4v) is 7.73. The topological polar surface area (TPSA) is 137 Å². The highest BCUT2D eigenvalue weighted by Crippen LogP contribution is 2.65. The lowest BCUT2D eigenvalue weighted by atomic mass is 9.85. The number of piperidine rings is 1. The molecule has 0 spiro atoms. The van der Waals surface area contributed by atoms with Crippen molar-refractivity contribution >= 4 is 29.5 Å². The molecule has 4 fully saturated rings. The van der Waals surface area contributed by atoms with Gasteiger partial charge in [-0.15, -0.1) is 6.58 Å². The van der Waals surface area contributed by atoms with Crippen LogP contribution in [0.25, 0.3) is 0 Å². The van der Waals surface area contributed by atoms with Crippen LogP contribution in [0.2, 0.25) is 0 Å². The summed E-state index contributed by atoms with van der Waals surface area (Å²) in [6.07, 6.45) is 7.78. The minimum atomic E-state index is -0.982. The number of carbonyl (C=O) groups excluding carboxylic acids is 5. The predicted molar refractivity (Wildman–Crippen MR) is 160 cm³/mol. The first-order chi connectivity index (χ1) is 19.7. The lowest BCUT2D eigenvalue weighted by Gasteiger charge is -2.38. The first-order valence-corrected chi connectivity index (χ1v) is 15.8. The normalized spacial score (nSPS) is 30.1. The van der Waals surface area contributed by atoms with E-state index in [1.54, 1.807) is 4.90 Å². The number of hydrogen-bond donors (Lipinski definition) is 4. The Labute approximate surface area is 250 Å². The number of ketones is 1. The molecule has 0 aromatic carbocycles. The molecule has 3 saturated carbocycles. The molecule has 4 unspecified atom stereocenters. The number of unbranched alkanes of at least 4 members (excludes halogenated alkanes) is 1. The van der Waals surface area contributed by atoms with Crippen molar-refractivity contribution in [2.45, 2.75) is 111 Å². The molecule has 4 rings (SSSR count). The van der Waals surface area contributed by atoms with Crippen LogP contribution in [0.5, 0.6) is 0 Å². The highest BCUT2D eigenvalue weighted by atomic mass is 16.2. The van der Waals surface area contributed by atoms with Gasteiger partial charge in [-0.3, -0.25) is 19.2 Å². The van der Waals surface area contributed by atoms with Crippen LogP contribution >= 0.6 is 0 Å². The summed E-state index contributed by atoms with van der Waals surface area (Å²) in [6.45, 7) is 16.0. The van der Waals surface area contributed by atoms with Gasteiger partial charge < -0.3 is 26.2 Å². The molecule has 8 atom stereocenters. The maximum Gasteiger partial charge on any atom is 0.315 e. The lowest BCUT2D eigenvalue weighted by Crippen LogP contribution is -2.62. The van der Waals surface area contributed by atoms with Crippen LogP contribution < -0.4 is 21.3 Å². The number of rotatable bonds is 12. The standard InChI is InChI=1S/C32H51N5O5/c1-8-10-11-21(25(38)28(40)33-14-9-2)34-27(39)24-23-20(32(23,6)7)17-37(24)29(41)26(31(3,4)5)36-30(42)35-22-16-18-12-13-19(22)15-18/h9,18-24,26H,2,8,10-17H2,1,3-7H3,(H,33,40)(H,34,39)(H2,35,36,42)/t18?,19?,20-,21?,22?,23-,24-,26+/m0/s1. The third-order valence-electron chi connectivity index (χ3n) is 10.3. The van der Waals surface area contributed by atoms with Gasteiger partial charge in [0.25, 0.3) is 5.91 Å². The van der Waals surface area contributed by atoms with Crippen molar-refractivity contribution in [3.05, 3.63) is 12.7 Å². The Bertz CT molecular complexity index is 1100. The molecular weight excluding hydrogens is 534 g/mol. The summed E-state index contributed by atoms with van der Waals surface area (Å²) in [5.74, 6) is -0.928. The summed E-state index contributed by atoms with van der Waals surface area (Å²) in [5.41, 5.74) is -0.734. The summed E-state index contributed by atoms with van der Waals surface area (Å²) in [6, 6.07) is -2.81. The van der Waals surface area contributed by atoms with E-state index in [-0.39, 0.29) is 41.8 Å². The lowest BCUT2D eigenvalue weighted by molar-refractivity contribution is -0.145. The number of nitrogens with zero attached hydrogens (tertiary/aromatic N) is 1. The van der Waals surface area contributed by atoms with Gasteiger partial charge in [0.15, 0.2) is 0 Å². The molecule has 42 heavy (non-hydrogen) atoms. The Morgan fingerprint density at radius 1 is 1.07 bits per heavy atom. The van der Waals surface area contributed by atoms with E-state index in [4.69, 9.17) is 0 Å². The molecule has 1 heterocycles. The van der Waals surface area contributed by atoms with Gasteiger partial charge in [-0.05, 0) is 60.2 Å². The Kier molecular flexibility index (Phi) is 9.43. The van der Waals surface area contributed by atoms with E-state index < -0.39 is 41.1 Å². The number of Topliss-reactive ketones (excluding diaryl/α,β-unsaturated/α-hetero) is 1. The van der Waals surface area contributed by atoms with Gasteiger partial charge in [-0.2, -0.15) is 0 Å². The highest BCUT2D eigenvalue weighted by molar-refractivity contribution is 6.38. The van der Waals surface area contributed by atoms with Crippen molar-refractivity contribution in [2.75, 3.05) is 13.1 Å². The molecule has 5 amide bonds. The van der Waals surface area contributed by atoms with E-state index >= 15 is 0 Å². The van der Waals surface area contributed by atoms with Crippen molar-refractivity contribution < 1.29 is 24.0 Å². The third kappa shape index (κ3) is 6.52. The molecule has 3 aliphatic carbocycles. The van der Waals surface area contributed by atoms with Crippen LogP contribution in [0.15, 0.2) is 12.7 Å². The molecule has 4 N–H and O–H groups in total. The second kappa shape index (κ2) is 12.4. The molecule has 2 bridgehead atoms. The molecular formula is C32H51N5O5. The summed E-state index contributed by atoms with van der Waals surface area (Å²) in [7, 11) is 0. The predicted octanol–water partition coefficient (Wildman–Crippen LogP) is 2.92. The summed E-state index contributed by atoms with van der Waals surface area (Å²) in [4.78, 5) is 68.3. The molecule has 1 aliphatic heterocycles. The van der Waals surface area contributed by atoms with Gasteiger partial charge in [0, 0.05) is 19.1 Å². The van der Waals surface area contributed by atoms with Crippen LogP contribution in [0.4, 0.5) is 4.79 Å². The zero-order chi connectivity index (χ0) is 31.0. The Balaban J connectivity index is 1.49. The fraction of sp³-hybridized carbons (Fsp3) is 0.781. The van der Waals surface area contributed by atoms with Crippen LogP contribution in [-0.4, -0.2) is 71.7 Å². The van der Waals surface area contributed by atoms with E-state index in [9.17, 15) is 24.0 Å². The monoisotopic (exact) mass is 585 g/mol. The van der Waals surface area contributed by atoms with Gasteiger partial charge in [-0.25, -0.2) is 4.79 Å². The SMILES string of the molecule is C=CCNC(=O)C(=O)C(CCCC)NC(=O)[C@@H]1[C@@H]2[C@H](CN1C(=O)[C@@H](NC(=O)NC1CC3CCC1C3)C(C)(C)C)C2(C)C. The molecule has 10 heteroatoms. The maximum atomic E-state index is 14.2. The molecule has 0 aromatic heterocycles. The minimum absolute atomic E-state index is 0.0681. The number of likely N-dealkylation sites (tertiary alicyclic amines) is 1. The highest BCUT2D eigenvalue weighted by Gasteiger charge is 2.70. The summed E-state index contributed by atoms with van der Waals surface area (Å²) < 4.78 is 0. The number of amides is 5. The van der Waals surface area contributed by atoms with Crippen LogP contribution in [0, 0.1) is 34.5 Å². The van der Waals surface area contributed by atoms with Gasteiger partial charge in [0.05, 0.1) is 6.04 Å². The molecule has 234 valence electrons. The van der Waals surface area contributed by atoms with Crippen LogP contribution in [0.1, 0.15) is 86.5 Å². The molecule has 0 aromatic rings. The zero-order valence-corrected chi connectivity index (χ0v) is 26.3. The molecule has 10 nitrogen and oxygen atoms in total. The van der Waals surface area contributed by atoms with Gasteiger partial charge >= 0.3 is 6.03 Å². The first-order valence-electron chi connectivity index (χ1n) is 15.8. The summed E-state index contributed by atoms with van der Waals surface area (Å²) in [5, 5.41) is 11.4. The number of nitrogens with one attached hydrogen (secondary N) is 4. The number of hydrogen-bond acceptors (Lipinski definition) is 5. The minimum Gasteiger partial charge on any atom is -0.346 e. The molecule has 1 saturated heterocycles. The Hall–Kier alpha value is -2.91. The van der Waals surface area contributed by atoms with Gasteiger partial charge in [-0.1, -0.05) is 66.9 Å². The maximum absolute atomic E-state index is 14.2. The van der Waals surface area contributed by atoms with E-state index in [1.807, 2.05) is 27.7 Å². The number of fused-ring (bicyclic) bond motifs is 3. The van der Waals surface area contributed by atoms with Crippen molar-refractivity contribution in [3.8, 4) is 0 Å². The fourth-order valence-electron chi connectivity index (χ4n) is 7.73. The smallest absolute Gasteiger partial charge is 0.315 e. The van der Waals surface area contributed by atoms with Gasteiger partial charge in [0.2, 0.25) is 17.6 Å². The van der Waals surface area contributed by atoms with E-state index in [2.05, 4.69) is 41.7 Å². The van der Waals surface area contributed by atoms with Crippen molar-refractivity contribution in [1.29, 1.82) is 0 Å². The van der Waals surface area contributed by atoms with Gasteiger partial charge in [0.1, 0.15) is 12.1 Å². The second-order valence-electron chi connectivity index (χ2n) is 14.7. The summed E-state index contributed by atoms with van der Waals surface area (Å²) >= 11 is 0. The Morgan fingerprint density at radius 3 is 2.36 bits per heavy atom. The number of urea groups is 1. The average molecular weight is 586 g/mol. The van der Waals surface area contributed by atoms with Crippen molar-refractivity contribution in [2.24, 2.45) is 34.5 Å². The van der Waals surface area contributed by atoms with Crippen LogP contribution in [-0.2, 0) is 19.2 Å². The quantitative estimate of drug-likeness (QED) is 0.206. The average Bonchev–Trinajstić information content (AvgIpc) is 3.44. The first kappa shape index (κ1) is 32.0. The second-order valence-corrected chi connectivity index (χ2v) is 14.7. The molecule has 4 aliphatic rings. The largest absolute Gasteiger partial charge is 0.346 e. The third-order valence-corrected chi connectivity index (χ3v) is 10.3. The Morgan fingerprint density at radius 2 is 1.79 bits per heavy atom. The van der Waals surface area contributed by atoms with E-state index in [0.29, 0.717) is 31.2 Å². The van der Waals surface area contributed by atoms with E-state index in [0.717, 1.165) is 25.7 Å². The van der Waals surface area contributed by atoms with E-state index in [1.165, 1.54) is 12.5 Å². The van der Waals surface area contributed by atoms with Crippen LogP contribution in [0.3, 0.4) is 0 Å². The zero-order valence-electron chi connectivity index (χ0n) is 26.3. The number of carbonyl (C=O) groups is 5. The van der Waals surface area contributed by atoms with Crippen molar-refractivity contribution in [3.63, 3.8) is 0 Å².